The molecule has 0 aliphatic carbocycles. The van der Waals surface area contributed by atoms with Gasteiger partial charge in [-0.1, -0.05) is 24.3 Å². The lowest BCUT2D eigenvalue weighted by molar-refractivity contribution is -0.140. The molecule has 3 aromatic carbocycles. The van der Waals surface area contributed by atoms with Gasteiger partial charge in [0.05, 0.1) is 25.3 Å². The lowest BCUT2D eigenvalue weighted by atomic mass is 9.93. The van der Waals surface area contributed by atoms with Crippen molar-refractivity contribution < 1.29 is 33.3 Å². The first-order valence-corrected chi connectivity index (χ1v) is 11.7. The number of ether oxygens (including phenoxy) is 3. The van der Waals surface area contributed by atoms with Crippen molar-refractivity contribution in [2.45, 2.75) is 19.6 Å². The zero-order chi connectivity index (χ0) is 26.5. The van der Waals surface area contributed by atoms with Crippen LogP contribution in [0.15, 0.2) is 72.3 Å². The number of rotatable bonds is 9. The molecule has 7 nitrogen and oxygen atoms in total. The second kappa shape index (κ2) is 11.3. The van der Waals surface area contributed by atoms with Crippen LogP contribution in [-0.2, 0) is 20.9 Å². The number of methoxy groups -OCH3 is 2. The van der Waals surface area contributed by atoms with Crippen molar-refractivity contribution in [3.63, 3.8) is 0 Å². The van der Waals surface area contributed by atoms with Crippen molar-refractivity contribution >= 4 is 17.4 Å². The molecule has 0 bridgehead atoms. The maximum absolute atomic E-state index is 13.2. The number of ketones is 1. The molecule has 1 unspecified atom stereocenters. The van der Waals surface area contributed by atoms with Crippen LogP contribution in [0.3, 0.4) is 0 Å². The Kier molecular flexibility index (Phi) is 7.89. The molecule has 0 radical (unpaired) electrons. The summed E-state index contributed by atoms with van der Waals surface area (Å²) in [7, 11) is 3.05. The number of Topliss-reactive ketones (excluding diaryl/α,β-unsaturated/α-hetero) is 1. The Hall–Kier alpha value is -4.17. The minimum Gasteiger partial charge on any atom is -0.507 e. The number of aliphatic hydroxyl groups excluding tert-OH is 1. The Morgan fingerprint density at radius 3 is 2.43 bits per heavy atom. The van der Waals surface area contributed by atoms with E-state index in [1.807, 2.05) is 0 Å². The maximum Gasteiger partial charge on any atom is 0.295 e. The first kappa shape index (κ1) is 25.9. The van der Waals surface area contributed by atoms with Crippen LogP contribution in [0, 0.1) is 12.7 Å². The average Bonchev–Trinajstić information content (AvgIpc) is 3.16. The van der Waals surface area contributed by atoms with Crippen LogP contribution >= 0.6 is 0 Å². The van der Waals surface area contributed by atoms with Crippen LogP contribution in [0.1, 0.15) is 28.3 Å². The number of carbonyl (C=O) groups is 2. The molecule has 0 spiro atoms. The Labute approximate surface area is 214 Å². The van der Waals surface area contributed by atoms with Crippen LogP contribution < -0.4 is 9.47 Å². The summed E-state index contributed by atoms with van der Waals surface area (Å²) in [6, 6.07) is 17.2. The van der Waals surface area contributed by atoms with Gasteiger partial charge in [-0.05, 0) is 66.1 Å². The maximum atomic E-state index is 13.2. The van der Waals surface area contributed by atoms with E-state index in [2.05, 4.69) is 0 Å². The summed E-state index contributed by atoms with van der Waals surface area (Å²) in [5, 5.41) is 11.3. The van der Waals surface area contributed by atoms with Gasteiger partial charge in [0.2, 0.25) is 0 Å². The highest BCUT2D eigenvalue weighted by molar-refractivity contribution is 6.46. The van der Waals surface area contributed by atoms with E-state index in [0.29, 0.717) is 28.2 Å². The summed E-state index contributed by atoms with van der Waals surface area (Å²) in [6.45, 7) is 2.37. The highest BCUT2D eigenvalue weighted by atomic mass is 19.1. The molecule has 1 heterocycles. The molecule has 37 heavy (non-hydrogen) atoms. The number of hydrogen-bond donors (Lipinski definition) is 1. The SMILES string of the molecule is COCCN1C(=O)C(=O)/C(=C(/O)c2ccc(OC)cc2C)C1c1cccc(OCc2ccc(F)cc2)c1. The number of carbonyl (C=O) groups excluding carboxylic acids is 2. The smallest absolute Gasteiger partial charge is 0.295 e. The van der Waals surface area contributed by atoms with Crippen LogP contribution in [-0.4, -0.2) is 49.1 Å². The standard InChI is InChI=1S/C29H28FNO6/c1-18-15-22(36-3)11-12-24(18)27(32)25-26(31(13-14-35-2)29(34)28(25)33)20-5-4-6-23(16-20)37-17-19-7-9-21(30)10-8-19/h4-12,15-16,26,32H,13-14,17H2,1-3H3/b27-25+. The molecule has 192 valence electrons. The molecule has 1 amide bonds. The predicted octanol–water partition coefficient (Wildman–Crippen LogP) is 4.79. The van der Waals surface area contributed by atoms with Crippen molar-refractivity contribution in [2.24, 2.45) is 0 Å². The van der Waals surface area contributed by atoms with E-state index in [0.717, 1.165) is 5.56 Å². The van der Waals surface area contributed by atoms with Gasteiger partial charge in [0.15, 0.2) is 0 Å². The third kappa shape index (κ3) is 5.49. The van der Waals surface area contributed by atoms with E-state index in [1.165, 1.54) is 24.1 Å². The number of aryl methyl sites for hydroxylation is 1. The molecule has 1 atom stereocenters. The summed E-state index contributed by atoms with van der Waals surface area (Å²) < 4.78 is 29.5. The fourth-order valence-corrected chi connectivity index (χ4v) is 4.34. The lowest BCUT2D eigenvalue weighted by Gasteiger charge is -2.25. The first-order valence-electron chi connectivity index (χ1n) is 11.7. The molecule has 1 saturated heterocycles. The summed E-state index contributed by atoms with van der Waals surface area (Å²) >= 11 is 0. The van der Waals surface area contributed by atoms with Gasteiger partial charge in [-0.3, -0.25) is 9.59 Å². The number of amides is 1. The normalized spacial score (nSPS) is 16.8. The molecule has 1 fully saturated rings. The van der Waals surface area contributed by atoms with Crippen LogP contribution in [0.25, 0.3) is 5.76 Å². The Morgan fingerprint density at radius 2 is 1.76 bits per heavy atom. The molecule has 4 rings (SSSR count). The van der Waals surface area contributed by atoms with Crippen molar-refractivity contribution in [1.29, 1.82) is 0 Å². The third-order valence-electron chi connectivity index (χ3n) is 6.26. The quantitative estimate of drug-likeness (QED) is 0.256. The second-order valence-electron chi connectivity index (χ2n) is 8.65. The van der Waals surface area contributed by atoms with Crippen molar-refractivity contribution in [2.75, 3.05) is 27.4 Å². The Balaban J connectivity index is 1.74. The van der Waals surface area contributed by atoms with E-state index in [1.54, 1.807) is 68.6 Å². The molecular formula is C29H28FNO6. The van der Waals surface area contributed by atoms with E-state index in [4.69, 9.17) is 14.2 Å². The minimum atomic E-state index is -0.842. The molecule has 1 aliphatic rings. The lowest BCUT2D eigenvalue weighted by Crippen LogP contribution is -2.32. The molecule has 0 aromatic heterocycles. The molecule has 3 aromatic rings. The molecule has 0 saturated carbocycles. The van der Waals surface area contributed by atoms with Gasteiger partial charge in [0, 0.05) is 19.2 Å². The molecular weight excluding hydrogens is 477 g/mol. The molecule has 1 aliphatic heterocycles. The van der Waals surface area contributed by atoms with Crippen molar-refractivity contribution in [1.82, 2.24) is 4.90 Å². The first-order chi connectivity index (χ1) is 17.8. The second-order valence-corrected chi connectivity index (χ2v) is 8.65. The minimum absolute atomic E-state index is 0.00921. The van der Waals surface area contributed by atoms with Gasteiger partial charge in [-0.2, -0.15) is 0 Å². The van der Waals surface area contributed by atoms with Gasteiger partial charge in [-0.25, -0.2) is 4.39 Å². The van der Waals surface area contributed by atoms with Crippen LogP contribution in [0.4, 0.5) is 4.39 Å². The fourth-order valence-electron chi connectivity index (χ4n) is 4.34. The van der Waals surface area contributed by atoms with Gasteiger partial charge in [0.25, 0.3) is 11.7 Å². The number of hydrogen-bond acceptors (Lipinski definition) is 6. The van der Waals surface area contributed by atoms with Crippen LogP contribution in [0.2, 0.25) is 0 Å². The number of nitrogens with zero attached hydrogens (tertiary/aromatic N) is 1. The van der Waals surface area contributed by atoms with E-state index in [9.17, 15) is 19.1 Å². The van der Waals surface area contributed by atoms with E-state index >= 15 is 0 Å². The van der Waals surface area contributed by atoms with Gasteiger partial charge in [-0.15, -0.1) is 0 Å². The van der Waals surface area contributed by atoms with Gasteiger partial charge >= 0.3 is 0 Å². The number of aliphatic hydroxyl groups is 1. The van der Waals surface area contributed by atoms with Crippen molar-refractivity contribution in [3.8, 4) is 11.5 Å². The Morgan fingerprint density at radius 1 is 1.00 bits per heavy atom. The summed E-state index contributed by atoms with van der Waals surface area (Å²) in [5.41, 5.74) is 2.49. The molecule has 8 heteroatoms. The molecule has 1 N–H and O–H groups in total. The zero-order valence-corrected chi connectivity index (χ0v) is 20.9. The summed E-state index contributed by atoms with van der Waals surface area (Å²) in [5.74, 6) is -0.972. The number of likely N-dealkylation sites (tertiary alicyclic amines) is 1. The monoisotopic (exact) mass is 505 g/mol. The number of halogens is 1. The third-order valence-corrected chi connectivity index (χ3v) is 6.26. The topological polar surface area (TPSA) is 85.3 Å². The van der Waals surface area contributed by atoms with E-state index in [-0.39, 0.29) is 36.9 Å². The zero-order valence-electron chi connectivity index (χ0n) is 20.9. The van der Waals surface area contributed by atoms with Gasteiger partial charge in [0.1, 0.15) is 29.7 Å². The van der Waals surface area contributed by atoms with Crippen molar-refractivity contribution in [3.05, 3.63) is 100 Å². The summed E-state index contributed by atoms with van der Waals surface area (Å²) in [4.78, 5) is 27.6. The highest BCUT2D eigenvalue weighted by Crippen LogP contribution is 2.40. The van der Waals surface area contributed by atoms with Crippen LogP contribution in [0.5, 0.6) is 11.5 Å². The summed E-state index contributed by atoms with van der Waals surface area (Å²) in [6.07, 6.45) is 0. The highest BCUT2D eigenvalue weighted by Gasteiger charge is 2.46. The largest absolute Gasteiger partial charge is 0.507 e. The predicted molar refractivity (Wildman–Crippen MR) is 136 cm³/mol. The Bertz CT molecular complexity index is 1330. The fraction of sp³-hybridized carbons (Fsp3) is 0.241. The van der Waals surface area contributed by atoms with Gasteiger partial charge < -0.3 is 24.2 Å². The average molecular weight is 506 g/mol. The number of benzene rings is 3. The van der Waals surface area contributed by atoms with E-state index < -0.39 is 17.7 Å².